The predicted octanol–water partition coefficient (Wildman–Crippen LogP) is 3.30. The summed E-state index contributed by atoms with van der Waals surface area (Å²) in [7, 11) is 0. The van der Waals surface area contributed by atoms with Gasteiger partial charge in [0.2, 0.25) is 0 Å². The summed E-state index contributed by atoms with van der Waals surface area (Å²) < 4.78 is 10.4. The Morgan fingerprint density at radius 3 is 2.60 bits per heavy atom. The van der Waals surface area contributed by atoms with E-state index in [4.69, 9.17) is 14.4 Å². The first-order chi connectivity index (χ1) is 9.49. The van der Waals surface area contributed by atoms with Gasteiger partial charge < -0.3 is 14.4 Å². The van der Waals surface area contributed by atoms with E-state index in [-0.39, 0.29) is 11.3 Å². The molecule has 1 heterocycles. The molecule has 1 N–H and O–H groups in total. The van der Waals surface area contributed by atoms with Crippen molar-refractivity contribution in [3.05, 3.63) is 47.7 Å². The average molecular weight is 273 g/mol. The van der Waals surface area contributed by atoms with E-state index in [9.17, 15) is 4.79 Å². The molecule has 5 nitrogen and oxygen atoms in total. The van der Waals surface area contributed by atoms with Crippen molar-refractivity contribution < 1.29 is 19.2 Å². The molecule has 0 fully saturated rings. The van der Waals surface area contributed by atoms with E-state index in [2.05, 4.69) is 11.7 Å². The van der Waals surface area contributed by atoms with Crippen LogP contribution in [-0.4, -0.2) is 22.8 Å². The molecular formula is C15H15NO4. The molecule has 0 aliphatic carbocycles. The molecule has 0 radical (unpaired) electrons. The number of aromatic carboxylic acids is 1. The average Bonchev–Trinajstić information content (AvgIpc) is 2.79. The number of benzene rings is 1. The number of aryl methyl sites for hydroxylation is 1. The molecule has 1 aromatic carbocycles. The topological polar surface area (TPSA) is 72.6 Å². The lowest BCUT2D eigenvalue weighted by molar-refractivity contribution is 0.0696. The van der Waals surface area contributed by atoms with E-state index in [0.29, 0.717) is 23.6 Å². The highest BCUT2D eigenvalue weighted by atomic mass is 16.5. The summed E-state index contributed by atoms with van der Waals surface area (Å²) in [5, 5.41) is 13.0. The predicted molar refractivity (Wildman–Crippen MR) is 73.9 cm³/mol. The van der Waals surface area contributed by atoms with Crippen molar-refractivity contribution in [2.45, 2.75) is 13.8 Å². The smallest absolute Gasteiger partial charge is 0.341 e. The van der Waals surface area contributed by atoms with Crippen LogP contribution >= 0.6 is 0 Å². The summed E-state index contributed by atoms with van der Waals surface area (Å²) in [6, 6.07) is 7.01. The lowest BCUT2D eigenvalue weighted by Gasteiger charge is -2.06. The van der Waals surface area contributed by atoms with Gasteiger partial charge in [-0.25, -0.2) is 4.79 Å². The van der Waals surface area contributed by atoms with Crippen LogP contribution in [0.25, 0.3) is 11.3 Å². The van der Waals surface area contributed by atoms with Crippen molar-refractivity contribution in [2.75, 3.05) is 6.61 Å². The molecule has 0 atom stereocenters. The number of carbonyl (C=O) groups is 1. The van der Waals surface area contributed by atoms with E-state index in [1.807, 2.05) is 6.92 Å². The fourth-order valence-corrected chi connectivity index (χ4v) is 1.74. The first-order valence-electron chi connectivity index (χ1n) is 6.06. The second kappa shape index (κ2) is 5.61. The van der Waals surface area contributed by atoms with Crippen molar-refractivity contribution in [1.82, 2.24) is 5.16 Å². The normalized spacial score (nSPS) is 10.3. The summed E-state index contributed by atoms with van der Waals surface area (Å²) in [6.45, 7) is 7.66. The van der Waals surface area contributed by atoms with Gasteiger partial charge in [0.25, 0.3) is 0 Å². The van der Waals surface area contributed by atoms with Crippen molar-refractivity contribution in [3.63, 3.8) is 0 Å². The first-order valence-corrected chi connectivity index (χ1v) is 6.06. The molecule has 0 amide bonds. The highest BCUT2D eigenvalue weighted by Gasteiger charge is 2.20. The van der Waals surface area contributed by atoms with Crippen LogP contribution in [0, 0.1) is 6.92 Å². The zero-order valence-corrected chi connectivity index (χ0v) is 11.3. The van der Waals surface area contributed by atoms with E-state index in [0.717, 1.165) is 5.57 Å². The number of hydrogen-bond acceptors (Lipinski definition) is 4. The Morgan fingerprint density at radius 2 is 2.05 bits per heavy atom. The molecule has 0 bridgehead atoms. The third-order valence-corrected chi connectivity index (χ3v) is 2.69. The van der Waals surface area contributed by atoms with E-state index in [1.165, 1.54) is 0 Å². The Balaban J connectivity index is 2.26. The van der Waals surface area contributed by atoms with E-state index >= 15 is 0 Å². The molecular weight excluding hydrogens is 258 g/mol. The van der Waals surface area contributed by atoms with Gasteiger partial charge in [0.1, 0.15) is 29.4 Å². The van der Waals surface area contributed by atoms with Gasteiger partial charge in [-0.3, -0.25) is 0 Å². The molecule has 0 spiro atoms. The number of hydrogen-bond donors (Lipinski definition) is 1. The molecule has 104 valence electrons. The van der Waals surface area contributed by atoms with Crippen LogP contribution in [0.1, 0.15) is 23.0 Å². The summed E-state index contributed by atoms with van der Waals surface area (Å²) in [5.74, 6) is -0.0784. The van der Waals surface area contributed by atoms with Crippen molar-refractivity contribution >= 4 is 5.97 Å². The van der Waals surface area contributed by atoms with Crippen molar-refractivity contribution in [3.8, 4) is 17.0 Å². The van der Waals surface area contributed by atoms with Gasteiger partial charge in [-0.1, -0.05) is 11.7 Å². The van der Waals surface area contributed by atoms with Gasteiger partial charge in [-0.15, -0.1) is 0 Å². The van der Waals surface area contributed by atoms with Gasteiger partial charge in [0.15, 0.2) is 0 Å². The number of carboxylic acids is 1. The van der Waals surface area contributed by atoms with Crippen LogP contribution in [0.2, 0.25) is 0 Å². The van der Waals surface area contributed by atoms with Crippen LogP contribution in [0.4, 0.5) is 0 Å². The Morgan fingerprint density at radius 1 is 1.40 bits per heavy atom. The van der Waals surface area contributed by atoms with Gasteiger partial charge in [-0.05, 0) is 43.7 Å². The third kappa shape index (κ3) is 2.88. The maximum absolute atomic E-state index is 11.2. The highest BCUT2D eigenvalue weighted by Crippen LogP contribution is 2.27. The summed E-state index contributed by atoms with van der Waals surface area (Å²) >= 11 is 0. The summed E-state index contributed by atoms with van der Waals surface area (Å²) in [6.07, 6.45) is 0. The zero-order valence-electron chi connectivity index (χ0n) is 11.3. The van der Waals surface area contributed by atoms with E-state index in [1.54, 1.807) is 31.2 Å². The number of rotatable bonds is 5. The van der Waals surface area contributed by atoms with Crippen molar-refractivity contribution in [1.29, 1.82) is 0 Å². The fraction of sp³-hybridized carbons (Fsp3) is 0.200. The van der Waals surface area contributed by atoms with Crippen molar-refractivity contribution in [2.24, 2.45) is 0 Å². The minimum absolute atomic E-state index is 0.0839. The number of carboxylic acid groups (broad SMARTS) is 1. The molecule has 2 rings (SSSR count). The molecule has 0 saturated heterocycles. The molecule has 0 aliphatic heterocycles. The fourth-order valence-electron chi connectivity index (χ4n) is 1.74. The number of nitrogens with zero attached hydrogens (tertiary/aromatic N) is 1. The lowest BCUT2D eigenvalue weighted by Crippen LogP contribution is -2.00. The maximum atomic E-state index is 11.2. The van der Waals surface area contributed by atoms with Crippen LogP contribution in [-0.2, 0) is 0 Å². The molecule has 2 aromatic rings. The molecule has 0 saturated carbocycles. The first kappa shape index (κ1) is 13.9. The van der Waals surface area contributed by atoms with Gasteiger partial charge in [-0.2, -0.15) is 0 Å². The Labute approximate surface area is 116 Å². The Hall–Kier alpha value is -2.56. The zero-order chi connectivity index (χ0) is 14.7. The minimum Gasteiger partial charge on any atom is -0.489 e. The van der Waals surface area contributed by atoms with Crippen LogP contribution < -0.4 is 4.74 Å². The van der Waals surface area contributed by atoms with Crippen LogP contribution in [0.15, 0.2) is 40.9 Å². The maximum Gasteiger partial charge on any atom is 0.341 e. The molecule has 20 heavy (non-hydrogen) atoms. The number of ether oxygens (including phenoxy) is 1. The van der Waals surface area contributed by atoms with Gasteiger partial charge in [0.05, 0.1) is 0 Å². The van der Waals surface area contributed by atoms with Gasteiger partial charge in [0, 0.05) is 5.56 Å². The quantitative estimate of drug-likeness (QED) is 0.846. The molecule has 0 unspecified atom stereocenters. The second-order valence-electron chi connectivity index (χ2n) is 4.54. The summed E-state index contributed by atoms with van der Waals surface area (Å²) in [4.78, 5) is 11.2. The molecule has 5 heteroatoms. The third-order valence-electron chi connectivity index (χ3n) is 2.69. The van der Waals surface area contributed by atoms with E-state index < -0.39 is 5.97 Å². The van der Waals surface area contributed by atoms with Crippen LogP contribution in [0.3, 0.4) is 0 Å². The molecule has 1 aromatic heterocycles. The summed E-state index contributed by atoms with van der Waals surface area (Å²) in [5.41, 5.74) is 2.00. The standard InChI is InChI=1S/C15H15NO4/c1-9(2)8-19-12-6-4-11(5-7-12)14-13(15(17)18)10(3)20-16-14/h4-7H,1,8H2,2-3H3,(H,17,18). The largest absolute Gasteiger partial charge is 0.489 e. The van der Waals surface area contributed by atoms with Crippen LogP contribution in [0.5, 0.6) is 5.75 Å². The number of aromatic nitrogens is 1. The lowest BCUT2D eigenvalue weighted by atomic mass is 10.1. The monoisotopic (exact) mass is 273 g/mol. The second-order valence-corrected chi connectivity index (χ2v) is 4.54. The van der Waals surface area contributed by atoms with Gasteiger partial charge >= 0.3 is 5.97 Å². The Bertz CT molecular complexity index is 640. The molecule has 0 aliphatic rings. The minimum atomic E-state index is -1.05. The highest BCUT2D eigenvalue weighted by molar-refractivity contribution is 5.95. The Kier molecular flexibility index (Phi) is 3.89. The SMILES string of the molecule is C=C(C)COc1ccc(-c2noc(C)c2C(=O)O)cc1.